The van der Waals surface area contributed by atoms with Gasteiger partial charge < -0.3 is 15.6 Å². The maximum Gasteiger partial charge on any atom is 0.317 e. The summed E-state index contributed by atoms with van der Waals surface area (Å²) in [4.78, 5) is 14.2. The summed E-state index contributed by atoms with van der Waals surface area (Å²) in [5.74, 6) is 0.137. The van der Waals surface area contributed by atoms with Crippen LogP contribution in [-0.2, 0) is 0 Å². The summed E-state index contributed by atoms with van der Waals surface area (Å²) in [7, 11) is 1.67. The monoisotopic (exact) mass is 346 g/mol. The lowest BCUT2D eigenvalue weighted by molar-refractivity contribution is 0.195. The first-order chi connectivity index (χ1) is 12.8. The van der Waals surface area contributed by atoms with Crippen molar-refractivity contribution in [2.24, 2.45) is 11.0 Å². The number of rotatable bonds is 2. The zero-order valence-corrected chi connectivity index (χ0v) is 14.7. The molecule has 0 bridgehead atoms. The lowest BCUT2D eigenvalue weighted by Gasteiger charge is -2.35. The normalized spacial score (nSPS) is 23.2. The number of hydrazone groups is 1. The van der Waals surface area contributed by atoms with Crippen LogP contribution in [0.15, 0.2) is 71.3 Å². The zero-order valence-electron chi connectivity index (χ0n) is 14.7. The van der Waals surface area contributed by atoms with Crippen molar-refractivity contribution in [3.8, 4) is 0 Å². The molecule has 2 N–H and O–H groups in total. The van der Waals surface area contributed by atoms with Gasteiger partial charge in [0.1, 0.15) is 0 Å². The van der Waals surface area contributed by atoms with Gasteiger partial charge in [0.15, 0.2) is 0 Å². The Morgan fingerprint density at radius 3 is 2.54 bits per heavy atom. The van der Waals surface area contributed by atoms with E-state index in [1.165, 1.54) is 5.56 Å². The quantitative estimate of drug-likeness (QED) is 0.878. The Morgan fingerprint density at radius 2 is 1.85 bits per heavy atom. The fourth-order valence-corrected chi connectivity index (χ4v) is 3.71. The molecule has 26 heavy (non-hydrogen) atoms. The Labute approximate surface area is 153 Å². The Bertz CT molecular complexity index is 845. The number of amides is 2. The van der Waals surface area contributed by atoms with Gasteiger partial charge >= 0.3 is 6.03 Å². The molecular formula is C21H22N4O. The number of hydrogen-bond acceptors (Lipinski definition) is 3. The van der Waals surface area contributed by atoms with Gasteiger partial charge in [-0.3, -0.25) is 0 Å². The summed E-state index contributed by atoms with van der Waals surface area (Å²) < 4.78 is 0. The number of nitrogens with one attached hydrogen (secondary N) is 2. The zero-order chi connectivity index (χ0) is 17.9. The summed E-state index contributed by atoms with van der Waals surface area (Å²) in [5.41, 5.74) is 7.75. The van der Waals surface area contributed by atoms with Gasteiger partial charge in [0.25, 0.3) is 0 Å². The fourth-order valence-electron chi connectivity index (χ4n) is 3.71. The average Bonchev–Trinajstić information content (AvgIpc) is 3.13. The van der Waals surface area contributed by atoms with Crippen molar-refractivity contribution in [2.45, 2.75) is 6.04 Å². The van der Waals surface area contributed by atoms with Crippen LogP contribution in [-0.4, -0.2) is 36.8 Å². The van der Waals surface area contributed by atoms with Crippen LogP contribution < -0.4 is 10.7 Å². The summed E-state index contributed by atoms with van der Waals surface area (Å²) in [6.45, 7) is 1.21. The Hall–Kier alpha value is -3.08. The van der Waals surface area contributed by atoms with Crippen LogP contribution >= 0.6 is 0 Å². The molecule has 0 aromatic heterocycles. The number of carbonyl (C=O) groups is 1. The second kappa shape index (κ2) is 7.04. The topological polar surface area (TPSA) is 56.7 Å². The Morgan fingerprint density at radius 1 is 1.15 bits per heavy atom. The van der Waals surface area contributed by atoms with E-state index < -0.39 is 0 Å². The van der Waals surface area contributed by atoms with E-state index in [1.807, 2.05) is 41.3 Å². The first-order valence-corrected chi connectivity index (χ1v) is 8.87. The molecule has 2 aliphatic heterocycles. The van der Waals surface area contributed by atoms with Crippen molar-refractivity contribution in [1.29, 1.82) is 0 Å². The second-order valence-electron chi connectivity index (χ2n) is 6.64. The minimum absolute atomic E-state index is 0.0540. The minimum atomic E-state index is -0.0540. The summed E-state index contributed by atoms with van der Waals surface area (Å²) in [5, 5.41) is 7.41. The van der Waals surface area contributed by atoms with Gasteiger partial charge in [-0.15, -0.1) is 0 Å². The number of benzene rings is 2. The SMILES string of the molecule is CNC(=O)N1C/C(=C\c2ccccc2)C2=NNC(c3ccccc3)C2C1. The van der Waals surface area contributed by atoms with Gasteiger partial charge in [-0.05, 0) is 22.8 Å². The number of nitrogens with zero attached hydrogens (tertiary/aromatic N) is 2. The van der Waals surface area contributed by atoms with Crippen molar-refractivity contribution in [2.75, 3.05) is 20.1 Å². The number of carbonyl (C=O) groups excluding carboxylic acids is 1. The molecule has 2 aromatic carbocycles. The van der Waals surface area contributed by atoms with Crippen LogP contribution in [0.25, 0.3) is 6.08 Å². The third kappa shape index (κ3) is 3.08. The standard InChI is InChI=1S/C21H22N4O/c1-22-21(26)25-13-17(12-15-8-4-2-5-9-15)20-18(14-25)19(23-24-20)16-10-6-3-7-11-16/h2-12,18-19,23H,13-14H2,1H3,(H,22,26)/b17-12+. The average molecular weight is 346 g/mol. The Balaban J connectivity index is 1.69. The molecule has 0 radical (unpaired) electrons. The molecule has 1 fully saturated rings. The molecular weight excluding hydrogens is 324 g/mol. The maximum atomic E-state index is 12.3. The van der Waals surface area contributed by atoms with Crippen LogP contribution in [0.3, 0.4) is 0 Å². The first kappa shape index (κ1) is 16.4. The number of fused-ring (bicyclic) bond motifs is 1. The van der Waals surface area contributed by atoms with Crippen LogP contribution in [0.4, 0.5) is 4.79 Å². The number of urea groups is 1. The molecule has 1 saturated heterocycles. The van der Waals surface area contributed by atoms with Crippen molar-refractivity contribution < 1.29 is 4.79 Å². The van der Waals surface area contributed by atoms with Crippen LogP contribution in [0.2, 0.25) is 0 Å². The summed E-state index contributed by atoms with van der Waals surface area (Å²) >= 11 is 0. The molecule has 132 valence electrons. The summed E-state index contributed by atoms with van der Waals surface area (Å²) in [6.07, 6.45) is 2.13. The predicted molar refractivity (Wildman–Crippen MR) is 104 cm³/mol. The second-order valence-corrected chi connectivity index (χ2v) is 6.64. The Kier molecular flexibility index (Phi) is 4.44. The lowest BCUT2D eigenvalue weighted by Crippen LogP contribution is -2.49. The van der Waals surface area contributed by atoms with Crippen molar-refractivity contribution in [3.05, 3.63) is 77.4 Å². The predicted octanol–water partition coefficient (Wildman–Crippen LogP) is 3.04. The number of piperidine rings is 1. The summed E-state index contributed by atoms with van der Waals surface area (Å²) in [6, 6.07) is 20.5. The maximum absolute atomic E-state index is 12.3. The molecule has 2 atom stereocenters. The van der Waals surface area contributed by atoms with Crippen LogP contribution in [0, 0.1) is 5.92 Å². The van der Waals surface area contributed by atoms with Crippen molar-refractivity contribution >= 4 is 17.8 Å². The fraction of sp³-hybridized carbons (Fsp3) is 0.238. The third-order valence-electron chi connectivity index (χ3n) is 4.99. The molecule has 0 saturated carbocycles. The van der Waals surface area contributed by atoms with Gasteiger partial charge in [0, 0.05) is 26.1 Å². The van der Waals surface area contributed by atoms with Crippen molar-refractivity contribution in [3.63, 3.8) is 0 Å². The highest BCUT2D eigenvalue weighted by molar-refractivity contribution is 6.08. The largest absolute Gasteiger partial charge is 0.341 e. The molecule has 2 unspecified atom stereocenters. The minimum Gasteiger partial charge on any atom is -0.341 e. The van der Waals surface area contributed by atoms with E-state index >= 15 is 0 Å². The van der Waals surface area contributed by atoms with E-state index in [2.05, 4.69) is 46.2 Å². The van der Waals surface area contributed by atoms with E-state index in [-0.39, 0.29) is 18.0 Å². The molecule has 2 amide bonds. The molecule has 2 aromatic rings. The van der Waals surface area contributed by atoms with E-state index in [9.17, 15) is 4.79 Å². The van der Waals surface area contributed by atoms with Crippen LogP contribution in [0.1, 0.15) is 17.2 Å². The molecule has 2 heterocycles. The van der Waals surface area contributed by atoms with Gasteiger partial charge in [-0.1, -0.05) is 60.7 Å². The van der Waals surface area contributed by atoms with E-state index in [1.54, 1.807) is 7.05 Å². The highest BCUT2D eigenvalue weighted by Crippen LogP contribution is 2.35. The number of likely N-dealkylation sites (tertiary alicyclic amines) is 1. The highest BCUT2D eigenvalue weighted by atomic mass is 16.2. The van der Waals surface area contributed by atoms with Gasteiger partial charge in [0.2, 0.25) is 0 Å². The first-order valence-electron chi connectivity index (χ1n) is 8.87. The van der Waals surface area contributed by atoms with E-state index in [0.29, 0.717) is 13.1 Å². The molecule has 0 spiro atoms. The molecule has 5 nitrogen and oxygen atoms in total. The molecule has 0 aliphatic carbocycles. The third-order valence-corrected chi connectivity index (χ3v) is 4.99. The van der Waals surface area contributed by atoms with E-state index in [4.69, 9.17) is 0 Å². The smallest absolute Gasteiger partial charge is 0.317 e. The van der Waals surface area contributed by atoms with Gasteiger partial charge in [-0.25, -0.2) is 4.79 Å². The highest BCUT2D eigenvalue weighted by Gasteiger charge is 2.40. The van der Waals surface area contributed by atoms with Gasteiger partial charge in [-0.2, -0.15) is 5.10 Å². The van der Waals surface area contributed by atoms with E-state index in [0.717, 1.165) is 16.8 Å². The molecule has 5 heteroatoms. The number of hydrogen-bond donors (Lipinski definition) is 2. The van der Waals surface area contributed by atoms with Crippen LogP contribution in [0.5, 0.6) is 0 Å². The van der Waals surface area contributed by atoms with Crippen molar-refractivity contribution in [1.82, 2.24) is 15.6 Å². The lowest BCUT2D eigenvalue weighted by atomic mass is 9.83. The van der Waals surface area contributed by atoms with Gasteiger partial charge in [0.05, 0.1) is 11.8 Å². The molecule has 2 aliphatic rings. The molecule has 4 rings (SSSR count).